The first kappa shape index (κ1) is 20.7. The summed E-state index contributed by atoms with van der Waals surface area (Å²) in [5.41, 5.74) is -6.31. The molecule has 132 valence electrons. The number of alkyl halides is 6. The van der Waals surface area contributed by atoms with Gasteiger partial charge in [-0.1, -0.05) is 0 Å². The molecule has 0 radical (unpaired) electrons. The monoisotopic (exact) mass is 351 g/mol. The van der Waals surface area contributed by atoms with Crippen molar-refractivity contribution in [3.05, 3.63) is 11.3 Å². The molecule has 0 bridgehead atoms. The number of nitrogens with one attached hydrogen (secondary N) is 1. The van der Waals surface area contributed by atoms with Crippen LogP contribution in [0.5, 0.6) is 0 Å². The van der Waals surface area contributed by atoms with Crippen LogP contribution in [0.3, 0.4) is 0 Å². The van der Waals surface area contributed by atoms with Gasteiger partial charge in [0.1, 0.15) is 0 Å². The van der Waals surface area contributed by atoms with Crippen LogP contribution in [-0.4, -0.2) is 47.8 Å². The zero-order valence-electron chi connectivity index (χ0n) is 11.8. The third kappa shape index (κ3) is 3.93. The first-order chi connectivity index (χ1) is 10.1. The standard InChI is InChI=1S/C11H11F6NO5/c1-4(19)6(5(2)20)9(8(22)23-3,11(15,16)17)18-7(21)10(12,13)14/h19H,1-3H3,(H,18,21)/b6-4-/t9-/m1/s1. The van der Waals surface area contributed by atoms with Gasteiger partial charge >= 0.3 is 24.2 Å². The van der Waals surface area contributed by atoms with Gasteiger partial charge < -0.3 is 15.2 Å². The average molecular weight is 351 g/mol. The Morgan fingerprint density at radius 1 is 1.00 bits per heavy atom. The lowest BCUT2D eigenvalue weighted by Crippen LogP contribution is -2.68. The van der Waals surface area contributed by atoms with Crippen molar-refractivity contribution in [2.24, 2.45) is 0 Å². The van der Waals surface area contributed by atoms with E-state index in [0.717, 1.165) is 0 Å². The molecule has 0 rings (SSSR count). The third-order valence-corrected chi connectivity index (χ3v) is 2.56. The number of esters is 1. The lowest BCUT2D eigenvalue weighted by atomic mass is 9.85. The molecule has 0 saturated heterocycles. The first-order valence-electron chi connectivity index (χ1n) is 5.58. The molecule has 0 aliphatic heterocycles. The van der Waals surface area contributed by atoms with Crippen molar-refractivity contribution < 1.29 is 50.6 Å². The van der Waals surface area contributed by atoms with Gasteiger partial charge in [-0.2, -0.15) is 26.3 Å². The number of hydrogen-bond acceptors (Lipinski definition) is 5. The van der Waals surface area contributed by atoms with Crippen LogP contribution in [0, 0.1) is 0 Å². The van der Waals surface area contributed by atoms with Gasteiger partial charge in [0.15, 0.2) is 5.78 Å². The minimum atomic E-state index is -5.92. The topological polar surface area (TPSA) is 92.7 Å². The fourth-order valence-electron chi connectivity index (χ4n) is 1.73. The SMILES string of the molecule is COC(=O)[C@](NC(=O)C(F)(F)F)(/C(C(C)=O)=C(/C)O)C(F)(F)F. The number of aliphatic hydroxyl groups is 1. The second-order valence-corrected chi connectivity index (χ2v) is 4.21. The number of aliphatic hydroxyl groups excluding tert-OH is 1. The molecule has 2 N–H and O–H groups in total. The number of hydrogen-bond donors (Lipinski definition) is 2. The average Bonchev–Trinajstić information content (AvgIpc) is 2.32. The van der Waals surface area contributed by atoms with E-state index in [9.17, 15) is 45.8 Å². The Hall–Kier alpha value is -2.27. The smallest absolute Gasteiger partial charge is 0.471 e. The van der Waals surface area contributed by atoms with Gasteiger partial charge in [-0.25, -0.2) is 4.79 Å². The minimum absolute atomic E-state index is 0.396. The Labute approximate surface area is 125 Å². The number of halogens is 6. The molecule has 0 fully saturated rings. The largest absolute Gasteiger partial charge is 0.512 e. The van der Waals surface area contributed by atoms with Crippen molar-refractivity contribution in [1.29, 1.82) is 0 Å². The summed E-state index contributed by atoms with van der Waals surface area (Å²) in [4.78, 5) is 33.9. The maximum atomic E-state index is 13.4. The van der Waals surface area contributed by atoms with Crippen molar-refractivity contribution in [2.75, 3.05) is 7.11 Å². The van der Waals surface area contributed by atoms with E-state index in [1.807, 2.05) is 0 Å². The molecule has 0 spiro atoms. The first-order valence-corrected chi connectivity index (χ1v) is 5.58. The summed E-state index contributed by atoms with van der Waals surface area (Å²) in [5, 5.41) is 9.68. The van der Waals surface area contributed by atoms with Crippen LogP contribution in [0.15, 0.2) is 11.3 Å². The molecule has 0 aromatic carbocycles. The Morgan fingerprint density at radius 2 is 1.43 bits per heavy atom. The van der Waals surface area contributed by atoms with E-state index < -0.39 is 46.9 Å². The predicted molar refractivity (Wildman–Crippen MR) is 61.0 cm³/mol. The van der Waals surface area contributed by atoms with E-state index in [-0.39, 0.29) is 0 Å². The third-order valence-electron chi connectivity index (χ3n) is 2.56. The maximum absolute atomic E-state index is 13.4. The highest BCUT2D eigenvalue weighted by atomic mass is 19.4. The Kier molecular flexibility index (Phi) is 5.82. The molecule has 0 saturated carbocycles. The van der Waals surface area contributed by atoms with Crippen molar-refractivity contribution in [3.8, 4) is 0 Å². The van der Waals surface area contributed by atoms with Crippen LogP contribution in [0.4, 0.5) is 26.3 Å². The fraction of sp³-hybridized carbons (Fsp3) is 0.545. The molecule has 0 aromatic rings. The molecule has 0 unspecified atom stereocenters. The highest BCUT2D eigenvalue weighted by molar-refractivity contribution is 6.06. The molecular formula is C11H11F6NO5. The van der Waals surface area contributed by atoms with Crippen molar-refractivity contribution in [3.63, 3.8) is 0 Å². The lowest BCUT2D eigenvalue weighted by molar-refractivity contribution is -0.212. The second kappa shape index (κ2) is 6.46. The summed E-state index contributed by atoms with van der Waals surface area (Å²) in [5.74, 6) is -8.60. The normalized spacial score (nSPS) is 16.0. The minimum Gasteiger partial charge on any atom is -0.512 e. The van der Waals surface area contributed by atoms with E-state index in [1.165, 1.54) is 0 Å². The van der Waals surface area contributed by atoms with Crippen LogP contribution in [0.2, 0.25) is 0 Å². The van der Waals surface area contributed by atoms with Crippen molar-refractivity contribution >= 4 is 17.7 Å². The molecule has 0 aliphatic carbocycles. The van der Waals surface area contributed by atoms with Crippen LogP contribution in [0.25, 0.3) is 0 Å². The van der Waals surface area contributed by atoms with Crippen LogP contribution in [-0.2, 0) is 19.1 Å². The molecule has 23 heavy (non-hydrogen) atoms. The molecule has 12 heteroatoms. The number of methoxy groups -OCH3 is 1. The van der Waals surface area contributed by atoms with Gasteiger partial charge in [0.2, 0.25) is 0 Å². The number of rotatable bonds is 4. The zero-order valence-corrected chi connectivity index (χ0v) is 11.8. The highest BCUT2D eigenvalue weighted by Gasteiger charge is 2.68. The van der Waals surface area contributed by atoms with Gasteiger partial charge in [-0.3, -0.25) is 9.59 Å². The number of carbonyl (C=O) groups is 3. The number of Topliss-reactive ketones (excluding diaryl/α,β-unsaturated/α-hetero) is 1. The summed E-state index contributed by atoms with van der Waals surface area (Å²) in [6.45, 7) is 0.984. The highest BCUT2D eigenvalue weighted by Crippen LogP contribution is 2.39. The number of carbonyl (C=O) groups excluding carboxylic acids is 3. The van der Waals surface area contributed by atoms with Gasteiger partial charge in [-0.05, 0) is 13.8 Å². The van der Waals surface area contributed by atoms with Gasteiger partial charge in [-0.15, -0.1) is 0 Å². The number of ketones is 1. The molecule has 1 amide bonds. The molecule has 0 aromatic heterocycles. The van der Waals surface area contributed by atoms with Crippen LogP contribution < -0.4 is 5.32 Å². The van der Waals surface area contributed by atoms with Crippen LogP contribution >= 0.6 is 0 Å². The molecule has 6 nitrogen and oxygen atoms in total. The summed E-state index contributed by atoms with van der Waals surface area (Å²) < 4.78 is 80.8. The Bertz CT molecular complexity index is 546. The summed E-state index contributed by atoms with van der Waals surface area (Å²) in [6, 6.07) is 0. The number of ether oxygens (including phenoxy) is 1. The van der Waals surface area contributed by atoms with E-state index in [4.69, 9.17) is 0 Å². The van der Waals surface area contributed by atoms with Crippen molar-refractivity contribution in [2.45, 2.75) is 31.7 Å². The fourth-order valence-corrected chi connectivity index (χ4v) is 1.73. The molecule has 0 aliphatic rings. The zero-order chi connectivity index (χ0) is 18.8. The Morgan fingerprint density at radius 3 is 1.65 bits per heavy atom. The quantitative estimate of drug-likeness (QED) is 0.347. The molecule has 0 heterocycles. The Balaban J connectivity index is 6.70. The molecular weight excluding hydrogens is 340 g/mol. The van der Waals surface area contributed by atoms with E-state index in [2.05, 4.69) is 4.74 Å². The van der Waals surface area contributed by atoms with Crippen molar-refractivity contribution in [1.82, 2.24) is 5.32 Å². The van der Waals surface area contributed by atoms with Crippen LogP contribution in [0.1, 0.15) is 13.8 Å². The summed E-state index contributed by atoms with van der Waals surface area (Å²) in [6.07, 6.45) is -11.7. The van der Waals surface area contributed by atoms with E-state index in [0.29, 0.717) is 26.3 Å². The van der Waals surface area contributed by atoms with Gasteiger partial charge in [0, 0.05) is 0 Å². The number of allylic oxidation sites excluding steroid dienone is 1. The number of amides is 1. The lowest BCUT2D eigenvalue weighted by Gasteiger charge is -2.35. The second-order valence-electron chi connectivity index (χ2n) is 4.21. The van der Waals surface area contributed by atoms with Gasteiger partial charge in [0.25, 0.3) is 5.54 Å². The van der Waals surface area contributed by atoms with Gasteiger partial charge in [0.05, 0.1) is 18.4 Å². The molecule has 1 atom stereocenters. The predicted octanol–water partition coefficient (Wildman–Crippen LogP) is 1.56. The summed E-state index contributed by atoms with van der Waals surface area (Å²) in [7, 11) is 0.396. The van der Waals surface area contributed by atoms with E-state index >= 15 is 0 Å². The summed E-state index contributed by atoms with van der Waals surface area (Å²) >= 11 is 0. The maximum Gasteiger partial charge on any atom is 0.471 e. The van der Waals surface area contributed by atoms with E-state index in [1.54, 1.807) is 0 Å².